The fourth-order valence-corrected chi connectivity index (χ4v) is 2.06. The van der Waals surface area contributed by atoms with Crippen LogP contribution in [0.1, 0.15) is 20.8 Å². The molecule has 0 fully saturated rings. The number of methoxy groups -OCH3 is 1. The van der Waals surface area contributed by atoms with Crippen LogP contribution in [0.5, 0.6) is 5.75 Å². The van der Waals surface area contributed by atoms with Gasteiger partial charge < -0.3 is 15.4 Å². The molecule has 7 heteroatoms. The van der Waals surface area contributed by atoms with Crippen LogP contribution in [0.3, 0.4) is 0 Å². The number of nitrogens with zero attached hydrogens (tertiary/aromatic N) is 1. The molecule has 0 aromatic heterocycles. The highest BCUT2D eigenvalue weighted by molar-refractivity contribution is 7.85. The van der Waals surface area contributed by atoms with Crippen molar-refractivity contribution in [1.29, 1.82) is 0 Å². The number of benzene rings is 1. The lowest BCUT2D eigenvalue weighted by atomic mass is 10.3. The highest BCUT2D eigenvalue weighted by atomic mass is 32.2. The van der Waals surface area contributed by atoms with Crippen molar-refractivity contribution in [3.05, 3.63) is 18.2 Å². The lowest BCUT2D eigenvalue weighted by Crippen LogP contribution is -2.21. The van der Waals surface area contributed by atoms with Gasteiger partial charge in [0.05, 0.1) is 17.7 Å². The van der Waals surface area contributed by atoms with Crippen LogP contribution < -0.4 is 10.5 Å². The van der Waals surface area contributed by atoms with Crippen LogP contribution in [-0.4, -0.2) is 44.6 Å². The molecular formula is C13H24N2O4S. The van der Waals surface area contributed by atoms with Gasteiger partial charge in [-0.05, 0) is 37.8 Å². The van der Waals surface area contributed by atoms with Gasteiger partial charge in [-0.3, -0.25) is 4.55 Å². The summed E-state index contributed by atoms with van der Waals surface area (Å²) < 4.78 is 34.8. The number of hydrogen-bond donors (Lipinski definition) is 2. The average Bonchev–Trinajstić information content (AvgIpc) is 2.40. The molecule has 0 atom stereocenters. The van der Waals surface area contributed by atoms with Crippen LogP contribution in [0, 0.1) is 0 Å². The topological polar surface area (TPSA) is 92.9 Å². The molecule has 0 aliphatic heterocycles. The number of rotatable bonds is 5. The maximum Gasteiger partial charge on any atom is 0.294 e. The van der Waals surface area contributed by atoms with E-state index >= 15 is 0 Å². The van der Waals surface area contributed by atoms with E-state index in [9.17, 15) is 8.42 Å². The number of nitrogen functional groups attached to an aromatic ring is 1. The lowest BCUT2D eigenvalue weighted by molar-refractivity contribution is 0.321. The summed E-state index contributed by atoms with van der Waals surface area (Å²) in [4.78, 5) is 2.13. The van der Waals surface area contributed by atoms with E-state index in [0.717, 1.165) is 6.07 Å². The summed E-state index contributed by atoms with van der Waals surface area (Å²) in [6, 6.07) is 3.72. The normalized spacial score (nSPS) is 10.9. The Morgan fingerprint density at radius 1 is 1.20 bits per heavy atom. The minimum atomic E-state index is -4.19. The van der Waals surface area contributed by atoms with Crippen molar-refractivity contribution in [1.82, 2.24) is 4.90 Å². The molecule has 0 heterocycles. The van der Waals surface area contributed by atoms with Crippen LogP contribution in [0.25, 0.3) is 0 Å². The second-order valence-electron chi connectivity index (χ2n) is 4.00. The Morgan fingerprint density at radius 3 is 1.95 bits per heavy atom. The monoisotopic (exact) mass is 304 g/mol. The molecule has 0 spiro atoms. The number of hydrogen-bond acceptors (Lipinski definition) is 5. The highest BCUT2D eigenvalue weighted by Gasteiger charge is 2.11. The zero-order valence-electron chi connectivity index (χ0n) is 12.5. The Labute approximate surface area is 121 Å². The molecule has 6 nitrogen and oxygen atoms in total. The maximum atomic E-state index is 10.6. The van der Waals surface area contributed by atoms with Gasteiger partial charge in [0.1, 0.15) is 5.75 Å². The summed E-state index contributed by atoms with van der Waals surface area (Å²) in [5, 5.41) is 0. The zero-order valence-corrected chi connectivity index (χ0v) is 13.3. The Balaban J connectivity index is 0.000000441. The lowest BCUT2D eigenvalue weighted by Gasteiger charge is -2.13. The molecule has 0 saturated carbocycles. The second kappa shape index (κ2) is 8.78. The SMILES string of the molecule is CCN(CC)CC.COc1ccc(S(=O)(=O)O)cc1N. The van der Waals surface area contributed by atoms with Gasteiger partial charge in [-0.15, -0.1) is 0 Å². The van der Waals surface area contributed by atoms with E-state index in [4.69, 9.17) is 15.0 Å². The summed E-state index contributed by atoms with van der Waals surface area (Å²) in [7, 11) is -2.77. The first-order chi connectivity index (χ1) is 9.29. The van der Waals surface area contributed by atoms with Gasteiger partial charge in [0, 0.05) is 0 Å². The van der Waals surface area contributed by atoms with Crippen molar-refractivity contribution in [3.63, 3.8) is 0 Å². The predicted octanol–water partition coefficient (Wildman–Crippen LogP) is 1.87. The van der Waals surface area contributed by atoms with Gasteiger partial charge >= 0.3 is 0 Å². The minimum absolute atomic E-state index is 0.164. The van der Waals surface area contributed by atoms with Gasteiger partial charge in [-0.2, -0.15) is 8.42 Å². The van der Waals surface area contributed by atoms with E-state index in [1.807, 2.05) is 0 Å². The molecule has 0 saturated heterocycles. The molecule has 1 aromatic carbocycles. The quantitative estimate of drug-likeness (QED) is 0.637. The molecular weight excluding hydrogens is 280 g/mol. The van der Waals surface area contributed by atoms with Crippen molar-refractivity contribution < 1.29 is 17.7 Å². The van der Waals surface area contributed by atoms with Gasteiger partial charge in [0.15, 0.2) is 0 Å². The van der Waals surface area contributed by atoms with Crippen molar-refractivity contribution in [2.75, 3.05) is 32.5 Å². The van der Waals surface area contributed by atoms with Crippen LogP contribution >= 0.6 is 0 Å². The first kappa shape index (κ1) is 18.7. The molecule has 116 valence electrons. The average molecular weight is 304 g/mol. The third-order valence-corrected chi connectivity index (χ3v) is 3.69. The Kier molecular flexibility index (Phi) is 8.21. The number of nitrogens with two attached hydrogens (primary N) is 1. The number of ether oxygens (including phenoxy) is 1. The van der Waals surface area contributed by atoms with E-state index in [-0.39, 0.29) is 10.6 Å². The predicted molar refractivity (Wildman–Crippen MR) is 80.7 cm³/mol. The molecule has 0 unspecified atom stereocenters. The first-order valence-corrected chi connectivity index (χ1v) is 7.87. The van der Waals surface area contributed by atoms with Crippen LogP contribution in [0.15, 0.2) is 23.1 Å². The van der Waals surface area contributed by atoms with Crippen molar-refractivity contribution in [3.8, 4) is 5.75 Å². The summed E-state index contributed by atoms with van der Waals surface area (Å²) in [5.41, 5.74) is 5.59. The first-order valence-electron chi connectivity index (χ1n) is 6.43. The smallest absolute Gasteiger partial charge is 0.294 e. The third-order valence-electron chi connectivity index (χ3n) is 2.84. The molecule has 0 amide bonds. The van der Waals surface area contributed by atoms with Gasteiger partial charge in [0.25, 0.3) is 10.1 Å². The Bertz CT molecular complexity index is 494. The zero-order chi connectivity index (χ0) is 15.8. The van der Waals surface area contributed by atoms with Gasteiger partial charge in [-0.25, -0.2) is 0 Å². The van der Waals surface area contributed by atoms with E-state index < -0.39 is 10.1 Å². The molecule has 0 radical (unpaired) electrons. The molecule has 1 aromatic rings. The van der Waals surface area contributed by atoms with Gasteiger partial charge in [0.2, 0.25) is 0 Å². The van der Waals surface area contributed by atoms with Crippen molar-refractivity contribution in [2.24, 2.45) is 0 Å². The van der Waals surface area contributed by atoms with Crippen LogP contribution in [0.2, 0.25) is 0 Å². The van der Waals surface area contributed by atoms with Gasteiger partial charge in [-0.1, -0.05) is 20.8 Å². The summed E-state index contributed by atoms with van der Waals surface area (Å²) in [6.45, 7) is 10.1. The largest absolute Gasteiger partial charge is 0.495 e. The molecule has 0 bridgehead atoms. The summed E-state index contributed by atoms with van der Waals surface area (Å²) in [5.74, 6) is 0.368. The van der Waals surface area contributed by atoms with E-state index in [0.29, 0.717) is 5.75 Å². The van der Waals surface area contributed by atoms with Crippen LogP contribution in [0.4, 0.5) is 5.69 Å². The van der Waals surface area contributed by atoms with Crippen molar-refractivity contribution >= 4 is 15.8 Å². The Morgan fingerprint density at radius 2 is 1.70 bits per heavy atom. The highest BCUT2D eigenvalue weighted by Crippen LogP contribution is 2.23. The number of anilines is 1. The fourth-order valence-electron chi connectivity index (χ4n) is 1.54. The maximum absolute atomic E-state index is 10.6. The second-order valence-corrected chi connectivity index (χ2v) is 5.42. The summed E-state index contributed by atoms with van der Waals surface area (Å²) >= 11 is 0. The molecule has 20 heavy (non-hydrogen) atoms. The molecule has 3 N–H and O–H groups in total. The standard InChI is InChI=1S/C7H9NO4S.C6H15N/c1-12-7-3-2-5(4-6(7)8)13(9,10)11;1-4-7(5-2)6-3/h2-4H,8H2,1H3,(H,9,10,11);4-6H2,1-3H3. The molecule has 0 aliphatic carbocycles. The van der Waals surface area contributed by atoms with E-state index in [2.05, 4.69) is 25.7 Å². The molecule has 0 aliphatic rings. The van der Waals surface area contributed by atoms with E-state index in [1.165, 1.54) is 38.9 Å². The molecule has 1 rings (SSSR count). The fraction of sp³-hybridized carbons (Fsp3) is 0.538. The third kappa shape index (κ3) is 6.23. The van der Waals surface area contributed by atoms with E-state index in [1.54, 1.807) is 0 Å². The minimum Gasteiger partial charge on any atom is -0.495 e. The van der Waals surface area contributed by atoms with Crippen LogP contribution in [-0.2, 0) is 10.1 Å². The van der Waals surface area contributed by atoms with Crippen molar-refractivity contribution in [2.45, 2.75) is 25.7 Å². The summed E-state index contributed by atoms with van der Waals surface area (Å²) in [6.07, 6.45) is 0. The Hall–Kier alpha value is -1.31.